The van der Waals surface area contributed by atoms with Gasteiger partial charge in [-0.2, -0.15) is 0 Å². The van der Waals surface area contributed by atoms with Crippen molar-refractivity contribution >= 4 is 17.5 Å². The summed E-state index contributed by atoms with van der Waals surface area (Å²) in [7, 11) is 0. The highest BCUT2D eigenvalue weighted by Crippen LogP contribution is 2.00. The molecule has 4 nitrogen and oxygen atoms in total. The van der Waals surface area contributed by atoms with Gasteiger partial charge in [-0.05, 0) is 12.8 Å². The van der Waals surface area contributed by atoms with Crippen LogP contribution in [0, 0.1) is 0 Å². The van der Waals surface area contributed by atoms with Crippen molar-refractivity contribution in [2.75, 3.05) is 6.54 Å². The molecule has 16 heavy (non-hydrogen) atoms. The number of Topliss-reactive ketones (excluding diaryl/α,β-unsaturated/α-hetero) is 2. The number of nitrogens with one attached hydrogen (secondary N) is 1. The van der Waals surface area contributed by atoms with Gasteiger partial charge in [0.05, 0.1) is 0 Å². The van der Waals surface area contributed by atoms with Gasteiger partial charge < -0.3 is 5.32 Å². The van der Waals surface area contributed by atoms with E-state index in [-0.39, 0.29) is 12.2 Å². The van der Waals surface area contributed by atoms with Crippen LogP contribution in [0.2, 0.25) is 0 Å². The van der Waals surface area contributed by atoms with Crippen LogP contribution < -0.4 is 5.32 Å². The van der Waals surface area contributed by atoms with Crippen molar-refractivity contribution in [2.24, 2.45) is 0 Å². The van der Waals surface area contributed by atoms with Crippen LogP contribution in [0.5, 0.6) is 0 Å². The Hall–Kier alpha value is -1.19. The molecular weight excluding hydrogens is 206 g/mol. The summed E-state index contributed by atoms with van der Waals surface area (Å²) in [6.07, 6.45) is 3.90. The number of amides is 1. The van der Waals surface area contributed by atoms with E-state index in [1.54, 1.807) is 6.92 Å². The van der Waals surface area contributed by atoms with Crippen molar-refractivity contribution < 1.29 is 14.4 Å². The number of ketones is 2. The molecule has 0 aliphatic carbocycles. The normalized spacial score (nSPS) is 9.88. The molecule has 0 aromatic heterocycles. The molecule has 0 saturated heterocycles. The summed E-state index contributed by atoms with van der Waals surface area (Å²) in [4.78, 5) is 33.2. The van der Waals surface area contributed by atoms with Crippen molar-refractivity contribution in [3.63, 3.8) is 0 Å². The minimum absolute atomic E-state index is 0.223. The van der Waals surface area contributed by atoms with Gasteiger partial charge in [0.1, 0.15) is 5.78 Å². The number of carbonyl (C=O) groups is 3. The highest BCUT2D eigenvalue weighted by Gasteiger charge is 2.09. The fourth-order valence-corrected chi connectivity index (χ4v) is 1.25. The maximum Gasteiger partial charge on any atom is 0.287 e. The van der Waals surface area contributed by atoms with Gasteiger partial charge in [-0.1, -0.05) is 20.3 Å². The van der Waals surface area contributed by atoms with Gasteiger partial charge in [0, 0.05) is 25.8 Å². The van der Waals surface area contributed by atoms with E-state index in [1.807, 2.05) is 6.92 Å². The SMILES string of the molecule is CCCCC(=O)CCCNC(=O)C(=O)CC. The monoisotopic (exact) mass is 227 g/mol. The van der Waals surface area contributed by atoms with E-state index < -0.39 is 11.7 Å². The Bertz CT molecular complexity index is 249. The summed E-state index contributed by atoms with van der Waals surface area (Å²) < 4.78 is 0. The van der Waals surface area contributed by atoms with Gasteiger partial charge in [0.25, 0.3) is 5.91 Å². The fraction of sp³-hybridized carbons (Fsp3) is 0.750. The second-order valence-electron chi connectivity index (χ2n) is 3.78. The third kappa shape index (κ3) is 7.15. The minimum atomic E-state index is -0.538. The van der Waals surface area contributed by atoms with Crippen molar-refractivity contribution in [2.45, 2.75) is 52.4 Å². The van der Waals surface area contributed by atoms with E-state index >= 15 is 0 Å². The molecule has 0 bridgehead atoms. The average Bonchev–Trinajstić information content (AvgIpc) is 2.30. The van der Waals surface area contributed by atoms with E-state index in [9.17, 15) is 14.4 Å². The lowest BCUT2D eigenvalue weighted by atomic mass is 10.1. The van der Waals surface area contributed by atoms with E-state index in [4.69, 9.17) is 0 Å². The quantitative estimate of drug-likeness (QED) is 0.481. The van der Waals surface area contributed by atoms with Crippen LogP contribution in [-0.2, 0) is 14.4 Å². The number of hydrogen-bond donors (Lipinski definition) is 1. The van der Waals surface area contributed by atoms with Crippen molar-refractivity contribution in [3.05, 3.63) is 0 Å². The minimum Gasteiger partial charge on any atom is -0.349 e. The van der Waals surface area contributed by atoms with Gasteiger partial charge in [0.15, 0.2) is 0 Å². The molecule has 0 heterocycles. The van der Waals surface area contributed by atoms with Crippen LogP contribution in [0.15, 0.2) is 0 Å². The molecule has 92 valence electrons. The lowest BCUT2D eigenvalue weighted by Gasteiger charge is -2.03. The van der Waals surface area contributed by atoms with Crippen molar-refractivity contribution in [1.82, 2.24) is 5.32 Å². The summed E-state index contributed by atoms with van der Waals surface area (Å²) >= 11 is 0. The summed E-state index contributed by atoms with van der Waals surface area (Å²) in [5.74, 6) is -0.710. The van der Waals surface area contributed by atoms with E-state index in [0.29, 0.717) is 25.8 Å². The first-order valence-corrected chi connectivity index (χ1v) is 5.94. The zero-order valence-electron chi connectivity index (χ0n) is 10.2. The zero-order chi connectivity index (χ0) is 12.4. The lowest BCUT2D eigenvalue weighted by Crippen LogP contribution is -2.31. The molecule has 0 saturated carbocycles. The Morgan fingerprint density at radius 2 is 1.62 bits per heavy atom. The first-order chi connectivity index (χ1) is 7.61. The Balaban J connectivity index is 3.49. The molecule has 1 N–H and O–H groups in total. The predicted molar refractivity (Wildman–Crippen MR) is 62.1 cm³/mol. The summed E-state index contributed by atoms with van der Waals surface area (Å²) in [6.45, 7) is 4.10. The summed E-state index contributed by atoms with van der Waals surface area (Å²) in [5.41, 5.74) is 0. The molecule has 0 aromatic carbocycles. The molecule has 0 aromatic rings. The van der Waals surface area contributed by atoms with Crippen LogP contribution in [-0.4, -0.2) is 24.0 Å². The van der Waals surface area contributed by atoms with Crippen LogP contribution >= 0.6 is 0 Å². The van der Waals surface area contributed by atoms with E-state index in [0.717, 1.165) is 12.8 Å². The molecule has 0 rings (SSSR count). The molecule has 0 aliphatic rings. The van der Waals surface area contributed by atoms with E-state index in [1.165, 1.54) is 0 Å². The van der Waals surface area contributed by atoms with Crippen LogP contribution in [0.3, 0.4) is 0 Å². The Labute approximate surface area is 96.8 Å². The maximum absolute atomic E-state index is 11.3. The number of rotatable bonds is 9. The first-order valence-electron chi connectivity index (χ1n) is 5.94. The van der Waals surface area contributed by atoms with Gasteiger partial charge in [-0.25, -0.2) is 0 Å². The lowest BCUT2D eigenvalue weighted by molar-refractivity contribution is -0.137. The third-order valence-corrected chi connectivity index (χ3v) is 2.30. The average molecular weight is 227 g/mol. The number of carbonyl (C=O) groups excluding carboxylic acids is 3. The molecule has 0 radical (unpaired) electrons. The van der Waals surface area contributed by atoms with Gasteiger partial charge >= 0.3 is 0 Å². The molecule has 0 aliphatic heterocycles. The van der Waals surface area contributed by atoms with Gasteiger partial charge in [-0.15, -0.1) is 0 Å². The Kier molecular flexibility index (Phi) is 8.39. The molecular formula is C12H21NO3. The van der Waals surface area contributed by atoms with Crippen LogP contribution in [0.1, 0.15) is 52.4 Å². The fourth-order valence-electron chi connectivity index (χ4n) is 1.25. The summed E-state index contributed by atoms with van der Waals surface area (Å²) in [5, 5.41) is 2.50. The Morgan fingerprint density at radius 3 is 2.19 bits per heavy atom. The van der Waals surface area contributed by atoms with Crippen molar-refractivity contribution in [3.8, 4) is 0 Å². The highest BCUT2D eigenvalue weighted by atomic mass is 16.2. The number of hydrogen-bond acceptors (Lipinski definition) is 3. The number of unbranched alkanes of at least 4 members (excludes halogenated alkanes) is 1. The standard InChI is InChI=1S/C12H21NO3/c1-3-5-7-10(14)8-6-9-13-12(16)11(15)4-2/h3-9H2,1-2H3,(H,13,16). The molecule has 0 fully saturated rings. The van der Waals surface area contributed by atoms with Crippen molar-refractivity contribution in [1.29, 1.82) is 0 Å². The predicted octanol–water partition coefficient (Wildman–Crippen LogP) is 1.62. The third-order valence-electron chi connectivity index (χ3n) is 2.30. The second-order valence-corrected chi connectivity index (χ2v) is 3.78. The molecule has 0 atom stereocenters. The zero-order valence-corrected chi connectivity index (χ0v) is 10.2. The van der Waals surface area contributed by atoms with Crippen LogP contribution in [0.25, 0.3) is 0 Å². The second kappa shape index (κ2) is 9.07. The van der Waals surface area contributed by atoms with E-state index in [2.05, 4.69) is 5.32 Å². The molecule has 0 unspecified atom stereocenters. The smallest absolute Gasteiger partial charge is 0.287 e. The molecule has 0 spiro atoms. The van der Waals surface area contributed by atoms with Gasteiger partial charge in [-0.3, -0.25) is 14.4 Å². The van der Waals surface area contributed by atoms with Crippen LogP contribution in [0.4, 0.5) is 0 Å². The molecule has 4 heteroatoms. The highest BCUT2D eigenvalue weighted by molar-refractivity contribution is 6.36. The molecule has 1 amide bonds. The maximum atomic E-state index is 11.3. The topological polar surface area (TPSA) is 63.2 Å². The summed E-state index contributed by atoms with van der Waals surface area (Å²) in [6, 6.07) is 0. The van der Waals surface area contributed by atoms with Gasteiger partial charge in [0.2, 0.25) is 5.78 Å². The first kappa shape index (κ1) is 14.8. The Morgan fingerprint density at radius 1 is 1.00 bits per heavy atom. The largest absolute Gasteiger partial charge is 0.349 e.